The van der Waals surface area contributed by atoms with Gasteiger partial charge in [-0.15, -0.1) is 0 Å². The standard InChI is InChI=1S/C12H21N5O/c1-4-10-7-18-9(3)6-17(10)11-8(2)5-14-12(15-11)16-13/h5,9-10H,4,6-7,13H2,1-3H3,(H,14,15,16). The van der Waals surface area contributed by atoms with Crippen molar-refractivity contribution >= 4 is 11.8 Å². The SMILES string of the molecule is CCC1COC(C)CN1c1nc(NN)ncc1C. The minimum absolute atomic E-state index is 0.219. The molecule has 0 spiro atoms. The van der Waals surface area contributed by atoms with Gasteiger partial charge in [0.05, 0.1) is 18.8 Å². The molecule has 100 valence electrons. The summed E-state index contributed by atoms with van der Waals surface area (Å²) < 4.78 is 5.70. The smallest absolute Gasteiger partial charge is 0.239 e. The number of ether oxygens (including phenoxy) is 1. The van der Waals surface area contributed by atoms with Crippen LogP contribution >= 0.6 is 0 Å². The third kappa shape index (κ3) is 2.54. The Morgan fingerprint density at radius 1 is 1.61 bits per heavy atom. The molecule has 0 saturated carbocycles. The predicted molar refractivity (Wildman–Crippen MR) is 71.4 cm³/mol. The number of morpholine rings is 1. The highest BCUT2D eigenvalue weighted by Crippen LogP contribution is 2.25. The van der Waals surface area contributed by atoms with Gasteiger partial charge in [-0.2, -0.15) is 4.98 Å². The second-order valence-corrected chi connectivity index (χ2v) is 4.70. The van der Waals surface area contributed by atoms with Gasteiger partial charge in [-0.1, -0.05) is 6.92 Å². The van der Waals surface area contributed by atoms with E-state index in [2.05, 4.69) is 34.1 Å². The lowest BCUT2D eigenvalue weighted by molar-refractivity contribution is 0.0296. The van der Waals surface area contributed by atoms with Crippen molar-refractivity contribution in [3.63, 3.8) is 0 Å². The minimum atomic E-state index is 0.219. The lowest BCUT2D eigenvalue weighted by Crippen LogP contribution is -2.49. The lowest BCUT2D eigenvalue weighted by Gasteiger charge is -2.39. The van der Waals surface area contributed by atoms with Crippen molar-refractivity contribution in [2.24, 2.45) is 5.84 Å². The lowest BCUT2D eigenvalue weighted by atomic mass is 10.1. The average molecular weight is 251 g/mol. The summed E-state index contributed by atoms with van der Waals surface area (Å²) in [7, 11) is 0. The average Bonchev–Trinajstić information content (AvgIpc) is 2.39. The quantitative estimate of drug-likeness (QED) is 0.618. The summed E-state index contributed by atoms with van der Waals surface area (Å²) in [6.45, 7) is 7.85. The van der Waals surface area contributed by atoms with Gasteiger partial charge >= 0.3 is 0 Å². The van der Waals surface area contributed by atoms with E-state index in [1.807, 2.05) is 6.92 Å². The number of anilines is 2. The van der Waals surface area contributed by atoms with Gasteiger partial charge < -0.3 is 9.64 Å². The maximum absolute atomic E-state index is 5.70. The zero-order valence-corrected chi connectivity index (χ0v) is 11.2. The van der Waals surface area contributed by atoms with Crippen molar-refractivity contribution in [3.05, 3.63) is 11.8 Å². The van der Waals surface area contributed by atoms with Crippen LogP contribution in [0.3, 0.4) is 0 Å². The largest absolute Gasteiger partial charge is 0.375 e. The number of nitrogens with zero attached hydrogens (tertiary/aromatic N) is 3. The fourth-order valence-corrected chi connectivity index (χ4v) is 2.24. The maximum atomic E-state index is 5.70. The van der Waals surface area contributed by atoms with Crippen LogP contribution in [-0.4, -0.2) is 35.3 Å². The van der Waals surface area contributed by atoms with Gasteiger partial charge in [-0.25, -0.2) is 10.8 Å². The summed E-state index contributed by atoms with van der Waals surface area (Å²) in [6, 6.07) is 0.362. The van der Waals surface area contributed by atoms with E-state index >= 15 is 0 Å². The van der Waals surface area contributed by atoms with Crippen LogP contribution in [0.15, 0.2) is 6.20 Å². The molecule has 0 aliphatic carbocycles. The number of hydrogen-bond donors (Lipinski definition) is 2. The second kappa shape index (κ2) is 5.49. The van der Waals surface area contributed by atoms with E-state index in [-0.39, 0.29) is 6.10 Å². The minimum Gasteiger partial charge on any atom is -0.375 e. The topological polar surface area (TPSA) is 76.3 Å². The number of hydrogen-bond acceptors (Lipinski definition) is 6. The zero-order chi connectivity index (χ0) is 13.1. The molecule has 2 heterocycles. The van der Waals surface area contributed by atoms with E-state index in [9.17, 15) is 0 Å². The van der Waals surface area contributed by atoms with Crippen LogP contribution in [0.4, 0.5) is 11.8 Å². The van der Waals surface area contributed by atoms with Crippen molar-refractivity contribution < 1.29 is 4.74 Å². The third-order valence-electron chi connectivity index (χ3n) is 3.29. The summed E-state index contributed by atoms with van der Waals surface area (Å²) in [6.07, 6.45) is 3.04. The number of nitrogen functional groups attached to an aromatic ring is 1. The molecule has 6 nitrogen and oxygen atoms in total. The first-order valence-electron chi connectivity index (χ1n) is 6.34. The highest BCUT2D eigenvalue weighted by atomic mass is 16.5. The first kappa shape index (κ1) is 13.0. The van der Waals surface area contributed by atoms with Gasteiger partial charge in [-0.05, 0) is 20.3 Å². The molecule has 2 atom stereocenters. The fourth-order valence-electron chi connectivity index (χ4n) is 2.24. The number of nitrogens with one attached hydrogen (secondary N) is 1. The number of nitrogens with two attached hydrogens (primary N) is 1. The summed E-state index contributed by atoms with van der Waals surface area (Å²) in [5.74, 6) is 6.77. The van der Waals surface area contributed by atoms with Gasteiger partial charge in [-0.3, -0.25) is 5.43 Å². The number of aryl methyl sites for hydroxylation is 1. The van der Waals surface area contributed by atoms with Crippen LogP contribution < -0.4 is 16.2 Å². The highest BCUT2D eigenvalue weighted by Gasteiger charge is 2.27. The number of hydrazine groups is 1. The van der Waals surface area contributed by atoms with Crippen LogP contribution in [-0.2, 0) is 4.74 Å². The molecule has 1 fully saturated rings. The van der Waals surface area contributed by atoms with Gasteiger partial charge in [0.1, 0.15) is 5.82 Å². The highest BCUT2D eigenvalue weighted by molar-refractivity contribution is 5.50. The van der Waals surface area contributed by atoms with Gasteiger partial charge in [0.15, 0.2) is 0 Å². The molecule has 1 aromatic heterocycles. The molecule has 1 aromatic rings. The second-order valence-electron chi connectivity index (χ2n) is 4.70. The van der Waals surface area contributed by atoms with Crippen LogP contribution in [0.1, 0.15) is 25.8 Å². The Labute approximate surface area is 108 Å². The molecule has 0 radical (unpaired) electrons. The summed E-state index contributed by atoms with van der Waals surface area (Å²) in [5.41, 5.74) is 3.55. The Morgan fingerprint density at radius 3 is 3.06 bits per heavy atom. The molecule has 0 aromatic carbocycles. The molecular formula is C12H21N5O. The summed E-state index contributed by atoms with van der Waals surface area (Å²) >= 11 is 0. The van der Waals surface area contributed by atoms with Crippen LogP contribution in [0.2, 0.25) is 0 Å². The van der Waals surface area contributed by atoms with Crippen LogP contribution in [0.5, 0.6) is 0 Å². The van der Waals surface area contributed by atoms with E-state index in [1.165, 1.54) is 0 Å². The van der Waals surface area contributed by atoms with Crippen LogP contribution in [0, 0.1) is 6.92 Å². The van der Waals surface area contributed by atoms with Crippen molar-refractivity contribution in [1.29, 1.82) is 0 Å². The summed E-state index contributed by atoms with van der Waals surface area (Å²) in [4.78, 5) is 10.9. The van der Waals surface area contributed by atoms with E-state index in [4.69, 9.17) is 10.6 Å². The maximum Gasteiger partial charge on any atom is 0.239 e. The Hall–Kier alpha value is -1.40. The van der Waals surface area contributed by atoms with Crippen LogP contribution in [0.25, 0.3) is 0 Å². The normalized spacial score (nSPS) is 24.1. The summed E-state index contributed by atoms with van der Waals surface area (Å²) in [5, 5.41) is 0. The molecule has 2 rings (SSSR count). The first-order chi connectivity index (χ1) is 8.65. The first-order valence-corrected chi connectivity index (χ1v) is 6.34. The monoisotopic (exact) mass is 251 g/mol. The molecule has 0 amide bonds. The number of aromatic nitrogens is 2. The zero-order valence-electron chi connectivity index (χ0n) is 11.2. The van der Waals surface area contributed by atoms with Crippen molar-refractivity contribution in [2.75, 3.05) is 23.5 Å². The van der Waals surface area contributed by atoms with Gasteiger partial charge in [0.2, 0.25) is 5.95 Å². The van der Waals surface area contributed by atoms with E-state index < -0.39 is 0 Å². The third-order valence-corrected chi connectivity index (χ3v) is 3.29. The Balaban J connectivity index is 2.32. The molecule has 3 N–H and O–H groups in total. The Morgan fingerprint density at radius 2 is 2.39 bits per heavy atom. The molecule has 1 aliphatic rings. The fraction of sp³-hybridized carbons (Fsp3) is 0.667. The van der Waals surface area contributed by atoms with Crippen molar-refractivity contribution in [2.45, 2.75) is 39.3 Å². The molecule has 1 saturated heterocycles. The predicted octanol–water partition coefficient (Wildman–Crippen LogP) is 1.07. The van der Waals surface area contributed by atoms with Gasteiger partial charge in [0, 0.05) is 18.3 Å². The van der Waals surface area contributed by atoms with E-state index in [0.29, 0.717) is 12.0 Å². The molecular weight excluding hydrogens is 230 g/mol. The number of rotatable bonds is 3. The molecule has 1 aliphatic heterocycles. The molecule has 6 heteroatoms. The van der Waals surface area contributed by atoms with E-state index in [1.54, 1.807) is 6.20 Å². The van der Waals surface area contributed by atoms with Crippen molar-refractivity contribution in [1.82, 2.24) is 9.97 Å². The molecule has 18 heavy (non-hydrogen) atoms. The molecule has 0 bridgehead atoms. The Kier molecular flexibility index (Phi) is 3.98. The Bertz CT molecular complexity index is 411. The van der Waals surface area contributed by atoms with Crippen molar-refractivity contribution in [3.8, 4) is 0 Å². The van der Waals surface area contributed by atoms with E-state index in [0.717, 1.165) is 31.0 Å². The molecule has 2 unspecified atom stereocenters. The van der Waals surface area contributed by atoms with Gasteiger partial charge in [0.25, 0.3) is 0 Å².